The summed E-state index contributed by atoms with van der Waals surface area (Å²) in [5.74, 6) is -2.88. The van der Waals surface area contributed by atoms with Gasteiger partial charge in [-0.05, 0) is 13.8 Å². The van der Waals surface area contributed by atoms with E-state index in [4.69, 9.17) is 0 Å². The SMILES string of the molecule is COC1(C(F)(F)F)O[C@@H](C)[C@@H](C)O1. The van der Waals surface area contributed by atoms with Crippen LogP contribution >= 0.6 is 0 Å². The van der Waals surface area contributed by atoms with Gasteiger partial charge in [0.15, 0.2) is 0 Å². The summed E-state index contributed by atoms with van der Waals surface area (Å²) < 4.78 is 50.6. The van der Waals surface area contributed by atoms with Crippen LogP contribution in [0.1, 0.15) is 13.8 Å². The summed E-state index contributed by atoms with van der Waals surface area (Å²) in [4.78, 5) is 0. The molecule has 0 N–H and O–H groups in total. The summed E-state index contributed by atoms with van der Waals surface area (Å²) in [5, 5.41) is 0. The molecule has 1 fully saturated rings. The van der Waals surface area contributed by atoms with Gasteiger partial charge in [0.2, 0.25) is 0 Å². The van der Waals surface area contributed by atoms with Crippen molar-refractivity contribution in [2.75, 3.05) is 7.11 Å². The molecular weight excluding hydrogens is 189 g/mol. The minimum atomic E-state index is -4.68. The number of hydrogen-bond donors (Lipinski definition) is 0. The lowest BCUT2D eigenvalue weighted by molar-refractivity contribution is -0.449. The van der Waals surface area contributed by atoms with Crippen molar-refractivity contribution in [3.63, 3.8) is 0 Å². The molecule has 1 saturated heterocycles. The van der Waals surface area contributed by atoms with Crippen LogP contribution in [0.5, 0.6) is 0 Å². The quantitative estimate of drug-likeness (QED) is 0.644. The van der Waals surface area contributed by atoms with Gasteiger partial charge in [-0.2, -0.15) is 13.2 Å². The lowest BCUT2D eigenvalue weighted by atomic mass is 10.3. The molecule has 0 aromatic carbocycles. The van der Waals surface area contributed by atoms with Crippen LogP contribution in [-0.4, -0.2) is 31.5 Å². The normalized spacial score (nSPS) is 41.1. The first-order chi connectivity index (χ1) is 5.82. The van der Waals surface area contributed by atoms with Gasteiger partial charge in [-0.15, -0.1) is 0 Å². The highest BCUT2D eigenvalue weighted by atomic mass is 19.4. The van der Waals surface area contributed by atoms with Crippen molar-refractivity contribution < 1.29 is 27.4 Å². The maximum Gasteiger partial charge on any atom is 0.473 e. The molecular formula is C7H11F3O3. The molecule has 0 amide bonds. The van der Waals surface area contributed by atoms with Crippen LogP contribution in [0.4, 0.5) is 13.2 Å². The smallest absolute Gasteiger partial charge is 0.324 e. The molecule has 0 aromatic heterocycles. The number of methoxy groups -OCH3 is 1. The van der Waals surface area contributed by atoms with E-state index in [1.807, 2.05) is 0 Å². The highest BCUT2D eigenvalue weighted by molar-refractivity contribution is 4.80. The van der Waals surface area contributed by atoms with Crippen molar-refractivity contribution in [2.24, 2.45) is 0 Å². The largest absolute Gasteiger partial charge is 0.473 e. The first kappa shape index (κ1) is 10.7. The minimum absolute atomic E-state index is 0.637. The molecule has 13 heavy (non-hydrogen) atoms. The standard InChI is InChI=1S/C7H11F3O3/c1-4-5(2)13-7(11-3,12-4)6(8,9)10/h4-5H,1-3H3/t4-,5+,7?. The van der Waals surface area contributed by atoms with E-state index in [9.17, 15) is 13.2 Å². The Kier molecular flexibility index (Phi) is 2.57. The molecule has 78 valence electrons. The van der Waals surface area contributed by atoms with E-state index in [-0.39, 0.29) is 0 Å². The number of halogens is 3. The van der Waals surface area contributed by atoms with Crippen LogP contribution in [0.25, 0.3) is 0 Å². The van der Waals surface area contributed by atoms with Gasteiger partial charge in [-0.3, -0.25) is 0 Å². The predicted molar refractivity (Wildman–Crippen MR) is 36.9 cm³/mol. The van der Waals surface area contributed by atoms with Gasteiger partial charge in [-0.25, -0.2) is 0 Å². The molecule has 1 aliphatic rings. The second-order valence-electron chi connectivity index (χ2n) is 2.90. The molecule has 0 radical (unpaired) electrons. The summed E-state index contributed by atoms with van der Waals surface area (Å²) in [6.45, 7) is 2.99. The molecule has 0 aliphatic carbocycles. The van der Waals surface area contributed by atoms with E-state index in [2.05, 4.69) is 14.2 Å². The maximum absolute atomic E-state index is 12.4. The first-order valence-corrected chi connectivity index (χ1v) is 3.80. The molecule has 0 saturated carbocycles. The second kappa shape index (κ2) is 3.11. The third kappa shape index (κ3) is 1.66. The lowest BCUT2D eigenvalue weighted by Gasteiger charge is -2.27. The molecule has 3 atom stereocenters. The van der Waals surface area contributed by atoms with Crippen LogP contribution in [-0.2, 0) is 14.2 Å². The van der Waals surface area contributed by atoms with Crippen LogP contribution < -0.4 is 0 Å². The van der Waals surface area contributed by atoms with Crippen LogP contribution in [0.15, 0.2) is 0 Å². The van der Waals surface area contributed by atoms with Gasteiger partial charge in [0.05, 0.1) is 12.2 Å². The van der Waals surface area contributed by atoms with Crippen LogP contribution in [0.2, 0.25) is 0 Å². The fourth-order valence-electron chi connectivity index (χ4n) is 1.05. The van der Waals surface area contributed by atoms with Crippen LogP contribution in [0.3, 0.4) is 0 Å². The zero-order valence-electron chi connectivity index (χ0n) is 7.51. The van der Waals surface area contributed by atoms with Crippen molar-refractivity contribution in [1.82, 2.24) is 0 Å². The van der Waals surface area contributed by atoms with Crippen molar-refractivity contribution in [1.29, 1.82) is 0 Å². The van der Waals surface area contributed by atoms with E-state index in [0.29, 0.717) is 0 Å². The number of alkyl halides is 3. The lowest BCUT2D eigenvalue weighted by Crippen LogP contribution is -2.48. The van der Waals surface area contributed by atoms with Crippen molar-refractivity contribution in [2.45, 2.75) is 38.2 Å². The number of ether oxygens (including phenoxy) is 3. The number of hydrogen-bond acceptors (Lipinski definition) is 3. The Morgan fingerprint density at radius 1 is 1.15 bits per heavy atom. The van der Waals surface area contributed by atoms with Crippen molar-refractivity contribution in [3.8, 4) is 0 Å². The van der Waals surface area contributed by atoms with E-state index in [1.54, 1.807) is 0 Å². The minimum Gasteiger partial charge on any atom is -0.324 e. The Morgan fingerprint density at radius 2 is 1.54 bits per heavy atom. The van der Waals surface area contributed by atoms with Gasteiger partial charge in [0.25, 0.3) is 0 Å². The van der Waals surface area contributed by atoms with E-state index >= 15 is 0 Å². The van der Waals surface area contributed by atoms with Gasteiger partial charge in [-0.1, -0.05) is 0 Å². The average molecular weight is 200 g/mol. The van der Waals surface area contributed by atoms with E-state index < -0.39 is 24.4 Å². The van der Waals surface area contributed by atoms with E-state index in [0.717, 1.165) is 7.11 Å². The third-order valence-corrected chi connectivity index (χ3v) is 1.96. The van der Waals surface area contributed by atoms with Gasteiger partial charge < -0.3 is 14.2 Å². The molecule has 1 aliphatic heterocycles. The van der Waals surface area contributed by atoms with Gasteiger partial charge >= 0.3 is 12.1 Å². The summed E-state index contributed by atoms with van der Waals surface area (Å²) >= 11 is 0. The molecule has 1 heterocycles. The van der Waals surface area contributed by atoms with Gasteiger partial charge in [0.1, 0.15) is 0 Å². The monoisotopic (exact) mass is 200 g/mol. The fraction of sp³-hybridized carbons (Fsp3) is 1.00. The highest BCUT2D eigenvalue weighted by Gasteiger charge is 2.64. The summed E-state index contributed by atoms with van der Waals surface area (Å²) in [6, 6.07) is 0. The maximum atomic E-state index is 12.4. The van der Waals surface area contributed by atoms with Gasteiger partial charge in [0, 0.05) is 7.11 Å². The molecule has 1 rings (SSSR count). The number of rotatable bonds is 1. The predicted octanol–water partition coefficient (Wildman–Crippen LogP) is 1.67. The van der Waals surface area contributed by atoms with Crippen LogP contribution in [0, 0.1) is 0 Å². The molecule has 6 heteroatoms. The zero-order valence-corrected chi connectivity index (χ0v) is 7.51. The first-order valence-electron chi connectivity index (χ1n) is 3.80. The topological polar surface area (TPSA) is 27.7 Å². The van der Waals surface area contributed by atoms with Crippen molar-refractivity contribution in [3.05, 3.63) is 0 Å². The molecule has 1 unspecified atom stereocenters. The Hall–Kier alpha value is -0.330. The summed E-state index contributed by atoms with van der Waals surface area (Å²) in [7, 11) is 0.901. The third-order valence-electron chi connectivity index (χ3n) is 1.96. The Bertz CT molecular complexity index is 182. The molecule has 3 nitrogen and oxygen atoms in total. The Labute approximate surface area is 73.8 Å². The zero-order chi connectivity index (χ0) is 10.3. The average Bonchev–Trinajstić information content (AvgIpc) is 2.28. The highest BCUT2D eigenvalue weighted by Crippen LogP contribution is 2.42. The molecule has 0 spiro atoms. The fourth-order valence-corrected chi connectivity index (χ4v) is 1.05. The summed E-state index contributed by atoms with van der Waals surface area (Å²) in [5.41, 5.74) is 0. The molecule has 0 aromatic rings. The van der Waals surface area contributed by atoms with Crippen molar-refractivity contribution >= 4 is 0 Å². The Morgan fingerprint density at radius 3 is 1.69 bits per heavy atom. The second-order valence-corrected chi connectivity index (χ2v) is 2.90. The summed E-state index contributed by atoms with van der Waals surface area (Å²) in [6.07, 6.45) is -5.95. The van der Waals surface area contributed by atoms with E-state index in [1.165, 1.54) is 13.8 Å². The molecule has 0 bridgehead atoms. The Balaban J connectivity index is 2.86.